The first kappa shape index (κ1) is 19.7. The van der Waals surface area contributed by atoms with Crippen molar-refractivity contribution in [1.29, 1.82) is 0 Å². The highest BCUT2D eigenvalue weighted by Crippen LogP contribution is 2.18. The number of carboxylic acids is 1. The van der Waals surface area contributed by atoms with Crippen molar-refractivity contribution in [2.75, 3.05) is 0 Å². The van der Waals surface area contributed by atoms with Gasteiger partial charge in [-0.25, -0.2) is 13.1 Å². The van der Waals surface area contributed by atoms with Crippen LogP contribution < -0.4 is 4.72 Å². The van der Waals surface area contributed by atoms with Crippen LogP contribution in [0.1, 0.15) is 22.3 Å². The monoisotopic (exact) mass is 396 g/mol. The van der Waals surface area contributed by atoms with Crippen molar-refractivity contribution < 1.29 is 18.3 Å². The molecule has 0 aliphatic heterocycles. The Hall–Kier alpha value is -3.03. The molecule has 7 heteroatoms. The quantitative estimate of drug-likeness (QED) is 0.610. The summed E-state index contributed by atoms with van der Waals surface area (Å²) in [6.45, 7) is 0.0649. The molecule has 144 valence electrons. The van der Waals surface area contributed by atoms with E-state index in [1.165, 1.54) is 6.20 Å². The number of sulfonamides is 1. The summed E-state index contributed by atoms with van der Waals surface area (Å²) in [5, 5.41) is 8.90. The molecular weight excluding hydrogens is 376 g/mol. The van der Waals surface area contributed by atoms with Gasteiger partial charge in [-0.1, -0.05) is 54.6 Å². The number of carboxylic acid groups (broad SMARTS) is 1. The highest BCUT2D eigenvalue weighted by Gasteiger charge is 2.19. The molecule has 1 aromatic heterocycles. The molecule has 28 heavy (non-hydrogen) atoms. The standard InChI is InChI=1S/C21H20N2O4S/c24-21(25)13-17-7-4-8-18(11-17)14-23-28(26,27)20-15-22-10-9-19(20)12-16-5-2-1-3-6-16/h1-11,15,23H,12-14H2,(H,24,25). The van der Waals surface area contributed by atoms with Crippen LogP contribution in [0.5, 0.6) is 0 Å². The normalized spacial score (nSPS) is 11.3. The maximum atomic E-state index is 12.8. The number of carbonyl (C=O) groups is 1. The molecule has 0 fully saturated rings. The third kappa shape index (κ3) is 5.25. The summed E-state index contributed by atoms with van der Waals surface area (Å²) >= 11 is 0. The van der Waals surface area contributed by atoms with E-state index in [4.69, 9.17) is 5.11 Å². The summed E-state index contributed by atoms with van der Waals surface area (Å²) in [6, 6.07) is 18.2. The number of benzene rings is 2. The largest absolute Gasteiger partial charge is 0.481 e. The van der Waals surface area contributed by atoms with E-state index >= 15 is 0 Å². The van der Waals surface area contributed by atoms with E-state index in [2.05, 4.69) is 9.71 Å². The van der Waals surface area contributed by atoms with E-state index in [0.717, 1.165) is 5.56 Å². The van der Waals surface area contributed by atoms with Gasteiger partial charge in [-0.2, -0.15) is 0 Å². The predicted octanol–water partition coefficient (Wildman–Crippen LogP) is 2.78. The lowest BCUT2D eigenvalue weighted by molar-refractivity contribution is -0.136. The van der Waals surface area contributed by atoms with Crippen LogP contribution >= 0.6 is 0 Å². The highest BCUT2D eigenvalue weighted by atomic mass is 32.2. The van der Waals surface area contributed by atoms with Crippen LogP contribution in [0.2, 0.25) is 0 Å². The highest BCUT2D eigenvalue weighted by molar-refractivity contribution is 7.89. The molecule has 3 rings (SSSR count). The molecule has 0 saturated heterocycles. The smallest absolute Gasteiger partial charge is 0.307 e. The lowest BCUT2D eigenvalue weighted by Crippen LogP contribution is -2.24. The zero-order valence-electron chi connectivity index (χ0n) is 15.1. The Labute approximate surface area is 163 Å². The van der Waals surface area contributed by atoms with E-state index in [9.17, 15) is 13.2 Å². The minimum atomic E-state index is -3.77. The molecule has 2 N–H and O–H groups in total. The Bertz CT molecular complexity index is 1070. The number of aliphatic carboxylic acids is 1. The maximum absolute atomic E-state index is 12.8. The number of pyridine rings is 1. The molecule has 2 aromatic carbocycles. The van der Waals surface area contributed by atoms with Crippen molar-refractivity contribution in [2.45, 2.75) is 24.3 Å². The van der Waals surface area contributed by atoms with Gasteiger partial charge in [-0.15, -0.1) is 0 Å². The molecule has 0 bridgehead atoms. The molecule has 0 radical (unpaired) electrons. The third-order valence-electron chi connectivity index (χ3n) is 4.21. The number of hydrogen-bond donors (Lipinski definition) is 2. The number of aromatic nitrogens is 1. The summed E-state index contributed by atoms with van der Waals surface area (Å²) in [7, 11) is -3.77. The fourth-order valence-corrected chi connectivity index (χ4v) is 4.09. The van der Waals surface area contributed by atoms with Crippen LogP contribution in [0.25, 0.3) is 0 Å². The predicted molar refractivity (Wildman–Crippen MR) is 105 cm³/mol. The van der Waals surface area contributed by atoms with Gasteiger partial charge in [0.05, 0.1) is 6.42 Å². The van der Waals surface area contributed by atoms with Crippen LogP contribution in [-0.4, -0.2) is 24.5 Å². The van der Waals surface area contributed by atoms with E-state index in [-0.39, 0.29) is 17.9 Å². The van der Waals surface area contributed by atoms with Crippen molar-refractivity contribution in [3.63, 3.8) is 0 Å². The first-order chi connectivity index (χ1) is 13.4. The first-order valence-electron chi connectivity index (χ1n) is 8.70. The lowest BCUT2D eigenvalue weighted by atomic mass is 10.1. The average molecular weight is 396 g/mol. The Balaban J connectivity index is 1.77. The van der Waals surface area contributed by atoms with Gasteiger partial charge in [0, 0.05) is 18.9 Å². The number of nitrogens with one attached hydrogen (secondary N) is 1. The number of hydrogen-bond acceptors (Lipinski definition) is 4. The van der Waals surface area contributed by atoms with E-state index in [1.807, 2.05) is 30.3 Å². The van der Waals surface area contributed by atoms with Crippen LogP contribution in [0.4, 0.5) is 0 Å². The summed E-state index contributed by atoms with van der Waals surface area (Å²) in [6.07, 6.45) is 3.30. The van der Waals surface area contributed by atoms with Crippen LogP contribution in [0.15, 0.2) is 78.0 Å². The molecule has 3 aromatic rings. The zero-order chi connectivity index (χ0) is 20.0. The molecular formula is C21H20N2O4S. The Morgan fingerprint density at radius 1 is 0.964 bits per heavy atom. The number of nitrogens with zero attached hydrogens (tertiary/aromatic N) is 1. The van der Waals surface area contributed by atoms with Crippen molar-refractivity contribution in [3.8, 4) is 0 Å². The zero-order valence-corrected chi connectivity index (χ0v) is 15.9. The summed E-state index contributed by atoms with van der Waals surface area (Å²) < 4.78 is 28.3. The number of rotatable bonds is 8. The van der Waals surface area contributed by atoms with Crippen molar-refractivity contribution in [3.05, 3.63) is 95.3 Å². The average Bonchev–Trinajstić information content (AvgIpc) is 2.67. The molecule has 0 unspecified atom stereocenters. The second kappa shape index (κ2) is 8.77. The van der Waals surface area contributed by atoms with Crippen molar-refractivity contribution in [2.24, 2.45) is 0 Å². The van der Waals surface area contributed by atoms with E-state index in [0.29, 0.717) is 23.1 Å². The Morgan fingerprint density at radius 3 is 2.43 bits per heavy atom. The van der Waals surface area contributed by atoms with E-state index < -0.39 is 16.0 Å². The Kier molecular flexibility index (Phi) is 6.18. The van der Waals surface area contributed by atoms with Gasteiger partial charge in [0.1, 0.15) is 4.90 Å². The van der Waals surface area contributed by atoms with Crippen LogP contribution in [-0.2, 0) is 34.2 Å². The molecule has 1 heterocycles. The molecule has 0 spiro atoms. The van der Waals surface area contributed by atoms with Gasteiger partial charge < -0.3 is 5.11 Å². The second-order valence-corrected chi connectivity index (χ2v) is 8.10. The Morgan fingerprint density at radius 2 is 1.68 bits per heavy atom. The van der Waals surface area contributed by atoms with Gasteiger partial charge in [-0.3, -0.25) is 9.78 Å². The third-order valence-corrected chi connectivity index (χ3v) is 5.68. The van der Waals surface area contributed by atoms with Gasteiger partial charge >= 0.3 is 5.97 Å². The van der Waals surface area contributed by atoms with Crippen LogP contribution in [0.3, 0.4) is 0 Å². The van der Waals surface area contributed by atoms with Gasteiger partial charge in [0.25, 0.3) is 0 Å². The van der Waals surface area contributed by atoms with E-state index in [1.54, 1.807) is 36.5 Å². The van der Waals surface area contributed by atoms with Crippen molar-refractivity contribution in [1.82, 2.24) is 9.71 Å². The molecule has 0 aliphatic carbocycles. The molecule has 0 atom stereocenters. The molecule has 0 amide bonds. The minimum absolute atomic E-state index is 0.0649. The fraction of sp³-hybridized carbons (Fsp3) is 0.143. The fourth-order valence-electron chi connectivity index (χ4n) is 2.89. The summed E-state index contributed by atoms with van der Waals surface area (Å²) in [4.78, 5) is 15.0. The maximum Gasteiger partial charge on any atom is 0.307 e. The molecule has 0 aliphatic rings. The van der Waals surface area contributed by atoms with Gasteiger partial charge in [0.15, 0.2) is 0 Å². The second-order valence-electron chi connectivity index (χ2n) is 6.36. The van der Waals surface area contributed by atoms with Crippen molar-refractivity contribution >= 4 is 16.0 Å². The molecule has 0 saturated carbocycles. The summed E-state index contributed by atoms with van der Waals surface area (Å²) in [5.74, 6) is -0.932. The topological polar surface area (TPSA) is 96.4 Å². The minimum Gasteiger partial charge on any atom is -0.481 e. The van der Waals surface area contributed by atoms with Gasteiger partial charge in [0.2, 0.25) is 10.0 Å². The van der Waals surface area contributed by atoms with Crippen LogP contribution in [0, 0.1) is 0 Å². The van der Waals surface area contributed by atoms with Gasteiger partial charge in [-0.05, 0) is 34.7 Å². The summed E-state index contributed by atoms with van der Waals surface area (Å²) in [5.41, 5.74) is 2.98. The molecule has 6 nitrogen and oxygen atoms in total. The SMILES string of the molecule is O=C(O)Cc1cccc(CNS(=O)(=O)c2cnccc2Cc2ccccc2)c1. The first-order valence-corrected chi connectivity index (χ1v) is 10.2. The lowest BCUT2D eigenvalue weighted by Gasteiger charge is -2.12.